The van der Waals surface area contributed by atoms with Crippen LogP contribution >= 0.6 is 0 Å². The third-order valence-corrected chi connectivity index (χ3v) is 11.1. The van der Waals surface area contributed by atoms with Crippen LogP contribution in [0.5, 0.6) is 5.75 Å². The lowest BCUT2D eigenvalue weighted by atomic mass is 9.93. The van der Waals surface area contributed by atoms with E-state index in [1.165, 1.54) is 13.8 Å². The number of carbonyl (C=O) groups is 3. The highest BCUT2D eigenvalue weighted by atomic mass is 32.2. The van der Waals surface area contributed by atoms with E-state index in [1.807, 2.05) is 64.1 Å². The summed E-state index contributed by atoms with van der Waals surface area (Å²) in [5.74, 6) is -0.503. The number of amides is 3. The second-order valence-electron chi connectivity index (χ2n) is 13.7. The number of carbonyl (C=O) groups excluding carboxylic acids is 3. The van der Waals surface area contributed by atoms with Gasteiger partial charge < -0.3 is 30.2 Å². The van der Waals surface area contributed by atoms with Crippen LogP contribution in [0.2, 0.25) is 0 Å². The number of rotatable bonds is 16. The van der Waals surface area contributed by atoms with Gasteiger partial charge in [-0.25, -0.2) is 13.2 Å². The van der Waals surface area contributed by atoms with Crippen LogP contribution in [0.3, 0.4) is 0 Å². The first-order chi connectivity index (χ1) is 23.1. The van der Waals surface area contributed by atoms with Gasteiger partial charge in [-0.05, 0) is 49.8 Å². The average molecular weight is 697 g/mol. The monoisotopic (exact) mass is 696 g/mol. The summed E-state index contributed by atoms with van der Waals surface area (Å²) in [6.07, 6.45) is 3.09. The van der Waals surface area contributed by atoms with Crippen LogP contribution in [-0.4, -0.2) is 85.9 Å². The van der Waals surface area contributed by atoms with Gasteiger partial charge in [0.1, 0.15) is 30.6 Å². The van der Waals surface area contributed by atoms with E-state index in [4.69, 9.17) is 14.2 Å². The number of ether oxygens (including phenoxy) is 3. The van der Waals surface area contributed by atoms with E-state index in [0.29, 0.717) is 12.2 Å². The van der Waals surface area contributed by atoms with E-state index in [-0.39, 0.29) is 24.5 Å². The normalized spacial score (nSPS) is 17.4. The van der Waals surface area contributed by atoms with Gasteiger partial charge in [0, 0.05) is 35.5 Å². The van der Waals surface area contributed by atoms with Crippen LogP contribution in [0.4, 0.5) is 4.79 Å². The van der Waals surface area contributed by atoms with E-state index in [9.17, 15) is 22.8 Å². The SMILES string of the molecule is CC(C)C(NC(=O)OC[C@@H]1O[C@@H]1[C@H](Cc1ccccc1)NC(=O)[C@@H](NC(=O)COc1cccc2cnccc12)C(C)(C)S(C)(=O)=O)C(C)C. The molecule has 3 aromatic rings. The van der Waals surface area contributed by atoms with Gasteiger partial charge in [0.15, 0.2) is 16.4 Å². The lowest BCUT2D eigenvalue weighted by Gasteiger charge is -2.33. The Morgan fingerprint density at radius 3 is 2.29 bits per heavy atom. The number of epoxide rings is 1. The first-order valence-electron chi connectivity index (χ1n) is 16.5. The van der Waals surface area contributed by atoms with E-state index in [1.54, 1.807) is 30.6 Å². The predicted octanol–water partition coefficient (Wildman–Crippen LogP) is 3.82. The summed E-state index contributed by atoms with van der Waals surface area (Å²) in [6.45, 7) is 10.4. The second kappa shape index (κ2) is 16.0. The number of aromatic nitrogens is 1. The van der Waals surface area contributed by atoms with Crippen molar-refractivity contribution in [2.45, 2.75) is 83.0 Å². The molecular formula is C36H48N4O8S. The van der Waals surface area contributed by atoms with Crippen LogP contribution in [0.25, 0.3) is 10.8 Å². The summed E-state index contributed by atoms with van der Waals surface area (Å²) in [4.78, 5) is 43.9. The van der Waals surface area contributed by atoms with E-state index in [2.05, 4.69) is 20.9 Å². The Bertz CT molecular complexity index is 1700. The Kier molecular flexibility index (Phi) is 12.3. The topological polar surface area (TPSA) is 165 Å². The molecule has 0 bridgehead atoms. The van der Waals surface area contributed by atoms with Crippen LogP contribution in [-0.2, 0) is 35.3 Å². The molecular weight excluding hydrogens is 648 g/mol. The number of alkyl carbamates (subject to hydrolysis) is 1. The summed E-state index contributed by atoms with van der Waals surface area (Å²) in [5.41, 5.74) is 0.902. The molecule has 1 fully saturated rings. The fourth-order valence-corrected chi connectivity index (χ4v) is 6.39. The number of hydrogen-bond acceptors (Lipinski definition) is 9. The Morgan fingerprint density at radius 1 is 0.939 bits per heavy atom. The van der Waals surface area contributed by atoms with E-state index >= 15 is 0 Å². The standard InChI is InChI=1S/C36H48N4O8S/c1-22(2)31(23(3)4)40-35(43)47-20-29-32(48-29)27(18-24-12-9-8-10-13-24)38-34(42)33(36(5,6)49(7,44)45)39-30(41)21-46-28-15-11-14-25-19-37-17-16-26(25)28/h8-17,19,22-23,27,29,31-33H,18,20-21H2,1-7H3,(H,38,42)(H,39,41)(H,40,43)/t27-,29-,32+,33+/m0/s1. The molecule has 0 spiro atoms. The highest BCUT2D eigenvalue weighted by Gasteiger charge is 2.49. The number of pyridine rings is 1. The molecule has 12 nitrogen and oxygen atoms in total. The first kappa shape index (κ1) is 37.6. The molecule has 266 valence electrons. The minimum Gasteiger partial charge on any atom is -0.483 e. The molecule has 0 unspecified atom stereocenters. The molecule has 3 N–H and O–H groups in total. The van der Waals surface area contributed by atoms with Gasteiger partial charge in [0.25, 0.3) is 5.91 Å². The van der Waals surface area contributed by atoms with Crippen molar-refractivity contribution in [2.24, 2.45) is 11.8 Å². The third-order valence-electron chi connectivity index (χ3n) is 8.96. The lowest BCUT2D eigenvalue weighted by molar-refractivity contribution is -0.131. The molecule has 1 aliphatic heterocycles. The molecule has 4 rings (SSSR count). The molecule has 1 saturated heterocycles. The number of sulfone groups is 1. The van der Waals surface area contributed by atoms with Gasteiger partial charge in [0.05, 0.1) is 10.8 Å². The fraction of sp³-hybridized carbons (Fsp3) is 0.500. The van der Waals surface area contributed by atoms with E-state index in [0.717, 1.165) is 22.6 Å². The van der Waals surface area contributed by atoms with E-state index < -0.39 is 63.4 Å². The Labute approximate surface area is 288 Å². The largest absolute Gasteiger partial charge is 0.483 e. The number of nitrogens with zero attached hydrogens (tertiary/aromatic N) is 1. The van der Waals surface area contributed by atoms with Crippen molar-refractivity contribution in [1.29, 1.82) is 0 Å². The van der Waals surface area contributed by atoms with Gasteiger partial charge in [-0.3, -0.25) is 14.6 Å². The van der Waals surface area contributed by atoms with Gasteiger partial charge in [-0.2, -0.15) is 0 Å². The highest BCUT2D eigenvalue weighted by molar-refractivity contribution is 7.92. The Balaban J connectivity index is 1.47. The number of nitrogens with one attached hydrogen (secondary N) is 3. The van der Waals surface area contributed by atoms with Crippen molar-refractivity contribution >= 4 is 38.5 Å². The summed E-state index contributed by atoms with van der Waals surface area (Å²) in [5, 5.41) is 10.0. The van der Waals surface area contributed by atoms with Crippen molar-refractivity contribution in [2.75, 3.05) is 19.5 Å². The molecule has 3 amide bonds. The molecule has 2 heterocycles. The van der Waals surface area contributed by atoms with Gasteiger partial charge in [-0.15, -0.1) is 0 Å². The maximum absolute atomic E-state index is 14.0. The molecule has 2 aromatic carbocycles. The summed E-state index contributed by atoms with van der Waals surface area (Å²) in [7, 11) is -3.86. The van der Waals surface area contributed by atoms with Crippen LogP contribution < -0.4 is 20.7 Å². The third kappa shape index (κ3) is 9.91. The minimum atomic E-state index is -3.86. The number of hydrogen-bond donors (Lipinski definition) is 3. The molecule has 49 heavy (non-hydrogen) atoms. The number of fused-ring (bicyclic) bond motifs is 1. The molecule has 4 atom stereocenters. The van der Waals surface area contributed by atoms with Crippen molar-refractivity contribution in [3.63, 3.8) is 0 Å². The predicted molar refractivity (Wildman–Crippen MR) is 187 cm³/mol. The minimum absolute atomic E-state index is 0.0306. The van der Waals surface area contributed by atoms with Crippen LogP contribution in [0.1, 0.15) is 47.1 Å². The maximum Gasteiger partial charge on any atom is 0.407 e. The molecule has 0 radical (unpaired) electrons. The smallest absolute Gasteiger partial charge is 0.407 e. The molecule has 1 aromatic heterocycles. The van der Waals surface area contributed by atoms with Crippen molar-refractivity contribution < 1.29 is 37.0 Å². The molecule has 13 heteroatoms. The molecule has 1 aliphatic rings. The first-order valence-corrected chi connectivity index (χ1v) is 18.3. The zero-order valence-corrected chi connectivity index (χ0v) is 30.0. The molecule has 0 saturated carbocycles. The Morgan fingerprint density at radius 2 is 1.63 bits per heavy atom. The van der Waals surface area contributed by atoms with Crippen molar-refractivity contribution in [1.82, 2.24) is 20.9 Å². The Hall–Kier alpha value is -4.23. The summed E-state index contributed by atoms with van der Waals surface area (Å²) < 4.78 is 41.4. The van der Waals surface area contributed by atoms with Crippen LogP contribution in [0, 0.1) is 11.8 Å². The molecule has 0 aliphatic carbocycles. The zero-order valence-electron chi connectivity index (χ0n) is 29.1. The van der Waals surface area contributed by atoms with Crippen molar-refractivity contribution in [3.05, 3.63) is 72.6 Å². The number of benzene rings is 2. The summed E-state index contributed by atoms with van der Waals surface area (Å²) >= 11 is 0. The van der Waals surface area contributed by atoms with Gasteiger partial charge in [-0.1, -0.05) is 70.2 Å². The van der Waals surface area contributed by atoms with Gasteiger partial charge in [0.2, 0.25) is 5.91 Å². The lowest BCUT2D eigenvalue weighted by Crippen LogP contribution is -2.62. The average Bonchev–Trinajstić information content (AvgIpc) is 3.83. The quantitative estimate of drug-likeness (QED) is 0.189. The highest BCUT2D eigenvalue weighted by Crippen LogP contribution is 2.29. The zero-order chi connectivity index (χ0) is 35.9. The summed E-state index contributed by atoms with van der Waals surface area (Å²) in [6, 6.07) is 14.4. The fourth-order valence-electron chi connectivity index (χ4n) is 5.80. The second-order valence-corrected chi connectivity index (χ2v) is 16.3. The van der Waals surface area contributed by atoms with Crippen LogP contribution in [0.15, 0.2) is 67.0 Å². The van der Waals surface area contributed by atoms with Gasteiger partial charge >= 0.3 is 6.09 Å². The van der Waals surface area contributed by atoms with Crippen molar-refractivity contribution in [3.8, 4) is 5.75 Å². The maximum atomic E-state index is 14.0.